The van der Waals surface area contributed by atoms with Crippen LogP contribution >= 0.6 is 0 Å². The summed E-state index contributed by atoms with van der Waals surface area (Å²) >= 11 is 0. The topological polar surface area (TPSA) is 0 Å². The Hall–Kier alpha value is -16.9. The lowest BCUT2D eigenvalue weighted by atomic mass is 9.83. The standard InChI is InChI=1S/2C44H28.C42H28/c1-2-10-29(11-3-1)31-19-20-33-27-35(23-21-32(33)26-31)43-39-14-6-8-16-41(39)44(42-17-9-7-15-40(42)43)36-24-25-38-34(28-36)22-18-30-12-4-5-13-37(30)38;1-2-12-29(13-3-1)30-22-23-32-27-34(25-24-31(32)26-30)43-38-18-8-10-20-40(38)44(41-21-11-9-19-39(41)43)42-28-33-14-4-5-15-35(33)36-16-6-7-17-37(36)42;1-3-11-29(12-4-1)31-19-21-32(22-20-31)41-37-15-7-9-17-39(37)42(40-18-10-8-16-38(40)41)36-26-25-34-27-33(23-24-35(34)28-36)30-13-5-2-6-14-30/h2*1-28H;1-28H/i3*1D,2D,3D,4D,5D,6D,7D,8D,9D,10D,11D,12D,13D,14D,15D,16D,17D,18D,19D,20D,21D,22D,23D,24D,25D,26D,27D,28D. The Morgan fingerprint density at radius 1 is 0.0923 bits per heavy atom. The molecule has 0 aliphatic heterocycles. The van der Waals surface area contributed by atoms with Gasteiger partial charge in [0.25, 0.3) is 0 Å². The van der Waals surface area contributed by atoms with Crippen LogP contribution in [0.5, 0.6) is 0 Å². The molecule has 0 saturated carbocycles. The summed E-state index contributed by atoms with van der Waals surface area (Å²) in [6, 6.07) is -79.4. The van der Waals surface area contributed by atoms with Crippen molar-refractivity contribution in [2.45, 2.75) is 0 Å². The number of benzene rings is 26. The molecule has 0 atom stereocenters. The minimum absolute atomic E-state index is 0.501. The van der Waals surface area contributed by atoms with Crippen molar-refractivity contribution in [1.29, 1.82) is 0 Å². The Morgan fingerprint density at radius 2 is 0.277 bits per heavy atom. The molecule has 130 heavy (non-hydrogen) atoms. The Labute approximate surface area is 873 Å². The molecule has 0 saturated heterocycles. The first-order chi connectivity index (χ1) is 99.5. The van der Waals surface area contributed by atoms with E-state index < -0.39 is 759 Å². The molecule has 0 nitrogen and oxygen atoms in total. The van der Waals surface area contributed by atoms with Crippen molar-refractivity contribution in [3.8, 4) is 111 Å². The van der Waals surface area contributed by atoms with Gasteiger partial charge in [-0.1, -0.05) is 459 Å². The fraction of sp³-hybridized carbons (Fsp3) is 0. The van der Waals surface area contributed by atoms with Crippen molar-refractivity contribution in [1.82, 2.24) is 0 Å². The summed E-state index contributed by atoms with van der Waals surface area (Å²) in [5, 5.41) is -18.1. The SMILES string of the molecule is [2H]c1c([2H])c([2H])c(-c2c([2H])c([2H])c(-c3c4c([2H])c([2H])c([2H])c([2H])c4c(-c4c([2H])c([2H])c5c([2H])c(-c6c([2H])c([2H])c([2H])c([2H])c6[2H])c([2H])c([2H])c5c4[2H])c4c([2H])c([2H])c([2H])c([2H])c34)c([2H])c2[2H])c([2H])c1[2H].[2H]c1c([2H])c([2H])c(-c2c([2H])c([2H])c3c([2H])c(-c4c5c([2H])c([2H])c([2H])c([2H])c5c(-c5c([2H])c([2H])c6c(c5[2H])c([2H])c([2H])c5c([2H])c([2H])c([2H])c([2H])c56)c5c([2H])c([2H])c([2H])c([2H])c45)c([2H])c([2H])c3c2[2H])c([2H])c1[2H].[2H]c1c([2H])c([2H])c(-c2c([2H])c([2H])c3c([2H])c(-c4c5c([2H])c([2H])c([2H])c([2H])c5c(-c5c([2H])c6c([2H])c([2H])c([2H])c([2H])c6c6c([2H])c([2H])c([2H])c([2H])c56)c5c([2H])c([2H])c([2H])c([2H])c45)c([2H])c([2H])c3c2[2H])c([2H])c1[2H]. The van der Waals surface area contributed by atoms with Crippen LogP contribution in [0.4, 0.5) is 0 Å². The molecule has 604 valence electrons. The van der Waals surface area contributed by atoms with Crippen LogP contribution in [0.2, 0.25) is 0 Å². The Kier molecular flexibility index (Phi) is 7.42. The Bertz CT molecular complexity index is 14100. The summed E-state index contributed by atoms with van der Waals surface area (Å²) in [5.41, 5.74) is -15.2. The molecule has 26 aromatic rings. The van der Waals surface area contributed by atoms with Gasteiger partial charge in [-0.2, -0.15) is 0 Å². The lowest BCUT2D eigenvalue weighted by Crippen LogP contribution is -1.92. The molecular weight excluding hydrogens is 1560 g/mol. The monoisotopic (exact) mass is 1730 g/mol. The highest BCUT2D eigenvalue weighted by Crippen LogP contribution is 2.51. The average molecular weight is 1730 g/mol. The second kappa shape index (κ2) is 32.9. The van der Waals surface area contributed by atoms with E-state index in [1.807, 2.05) is 0 Å². The zero-order valence-electron chi connectivity index (χ0n) is 149. The zero-order valence-corrected chi connectivity index (χ0v) is 65.0. The van der Waals surface area contributed by atoms with Gasteiger partial charge in [-0.15, -0.1) is 0 Å². The normalized spacial score (nSPS) is 20.6. The van der Waals surface area contributed by atoms with Gasteiger partial charge in [0.15, 0.2) is 0 Å². The number of hydrogen-bond acceptors (Lipinski definition) is 0. The van der Waals surface area contributed by atoms with Crippen LogP contribution in [0.15, 0.2) is 508 Å². The third kappa shape index (κ3) is 13.8. The van der Waals surface area contributed by atoms with Crippen LogP contribution in [0, 0.1) is 0 Å². The molecule has 0 N–H and O–H groups in total. The van der Waals surface area contributed by atoms with Crippen LogP contribution in [-0.2, 0) is 0 Å². The lowest BCUT2D eigenvalue weighted by Gasteiger charge is -2.20. The molecular formula is C130H84. The number of fused-ring (bicyclic) bond motifs is 15. The number of rotatable bonds is 10. The summed E-state index contributed by atoms with van der Waals surface area (Å²) < 4.78 is 749. The third-order valence-electron chi connectivity index (χ3n) is 20.6. The quantitative estimate of drug-likeness (QED) is 0.0946. The fourth-order valence-electron chi connectivity index (χ4n) is 15.0. The Morgan fingerprint density at radius 3 is 0.623 bits per heavy atom. The van der Waals surface area contributed by atoms with Gasteiger partial charge in [-0.25, -0.2) is 0 Å². The van der Waals surface area contributed by atoms with E-state index in [1.165, 1.54) is 0 Å². The molecule has 0 heteroatoms. The van der Waals surface area contributed by atoms with E-state index in [9.17, 15) is 45.2 Å². The minimum atomic E-state index is -1.07. The van der Waals surface area contributed by atoms with E-state index >= 15 is 0 Å². The van der Waals surface area contributed by atoms with Crippen molar-refractivity contribution < 1.29 is 115 Å². The zero-order chi connectivity index (χ0) is 159. The van der Waals surface area contributed by atoms with Crippen molar-refractivity contribution in [3.05, 3.63) is 508 Å². The molecule has 26 aromatic carbocycles. The van der Waals surface area contributed by atoms with Gasteiger partial charge in [0, 0.05) is 0 Å². The molecule has 0 aliphatic carbocycles. The van der Waals surface area contributed by atoms with Gasteiger partial charge in [0.1, 0.15) is 0 Å². The van der Waals surface area contributed by atoms with E-state index in [4.69, 9.17) is 69.9 Å². The van der Waals surface area contributed by atoms with Crippen molar-refractivity contribution in [3.63, 3.8) is 0 Å². The van der Waals surface area contributed by atoms with Gasteiger partial charge < -0.3 is 0 Å². The molecule has 0 heterocycles. The molecule has 0 unspecified atom stereocenters. The van der Waals surface area contributed by atoms with Crippen LogP contribution in [-0.4, -0.2) is 0 Å². The highest BCUT2D eigenvalue weighted by Gasteiger charge is 2.23. The third-order valence-corrected chi connectivity index (χ3v) is 20.6. The highest BCUT2D eigenvalue weighted by molar-refractivity contribution is 6.28. The van der Waals surface area contributed by atoms with E-state index in [-0.39, 0.29) is 0 Å². The summed E-state index contributed by atoms with van der Waals surface area (Å²) in [6.07, 6.45) is 0. The predicted molar refractivity (Wildman–Crippen MR) is 561 cm³/mol. The van der Waals surface area contributed by atoms with E-state index in [0.717, 1.165) is 0 Å². The van der Waals surface area contributed by atoms with Gasteiger partial charge in [-0.05, 0) is 300 Å². The molecule has 0 amide bonds. The predicted octanol–water partition coefficient (Wildman–Crippen LogP) is 36.7. The minimum Gasteiger partial charge on any atom is -0.0622 e. The molecule has 0 spiro atoms. The fourth-order valence-corrected chi connectivity index (χ4v) is 15.0. The van der Waals surface area contributed by atoms with Crippen molar-refractivity contribution in [2.24, 2.45) is 0 Å². The van der Waals surface area contributed by atoms with Gasteiger partial charge >= 0.3 is 0 Å². The molecule has 0 aromatic heterocycles. The molecule has 0 fully saturated rings. The maximum Gasteiger partial charge on any atom is 0.0636 e. The molecule has 0 bridgehead atoms. The first-order valence-electron chi connectivity index (χ1n) is 80.2. The summed E-state index contributed by atoms with van der Waals surface area (Å²) in [7, 11) is 0. The van der Waals surface area contributed by atoms with E-state index in [1.54, 1.807) is 0 Å². The van der Waals surface area contributed by atoms with Crippen LogP contribution in [0.1, 0.15) is 115 Å². The second-order valence-electron chi connectivity index (χ2n) is 27.8. The highest BCUT2D eigenvalue weighted by atomic mass is 14.3. The number of hydrogen-bond donors (Lipinski definition) is 0. The first-order valence-corrected chi connectivity index (χ1v) is 38.2. The van der Waals surface area contributed by atoms with E-state index in [2.05, 4.69) is 0 Å². The Balaban J connectivity index is 0.000000158. The molecule has 26 rings (SSSR count). The smallest absolute Gasteiger partial charge is 0.0622 e. The average Bonchev–Trinajstić information content (AvgIpc) is 0.688. The first kappa shape index (κ1) is 29.3. The molecule has 0 aliphatic rings. The summed E-state index contributed by atoms with van der Waals surface area (Å²) in [5.74, 6) is 0. The van der Waals surface area contributed by atoms with Crippen LogP contribution < -0.4 is 0 Å². The van der Waals surface area contributed by atoms with Gasteiger partial charge in [0.2, 0.25) is 0 Å². The van der Waals surface area contributed by atoms with Crippen molar-refractivity contribution >= 4 is 140 Å². The van der Waals surface area contributed by atoms with E-state index in [0.29, 0.717) is 0 Å². The van der Waals surface area contributed by atoms with Gasteiger partial charge in [-0.3, -0.25) is 0 Å². The maximum atomic E-state index is 9.77. The summed E-state index contributed by atoms with van der Waals surface area (Å²) in [6.45, 7) is 0. The molecule has 0 radical (unpaired) electrons. The second-order valence-corrected chi connectivity index (χ2v) is 27.8. The van der Waals surface area contributed by atoms with Crippen molar-refractivity contribution in [2.75, 3.05) is 0 Å². The largest absolute Gasteiger partial charge is 0.0636 e. The van der Waals surface area contributed by atoms with Crippen LogP contribution in [0.25, 0.3) is 251 Å². The van der Waals surface area contributed by atoms with Crippen LogP contribution in [0.3, 0.4) is 0 Å². The van der Waals surface area contributed by atoms with Gasteiger partial charge in [0.05, 0.1) is 115 Å². The summed E-state index contributed by atoms with van der Waals surface area (Å²) in [4.78, 5) is 0. The lowest BCUT2D eigenvalue weighted by molar-refractivity contribution is 1.61. The maximum absolute atomic E-state index is 9.77.